The van der Waals surface area contributed by atoms with Crippen LogP contribution in [-0.2, 0) is 11.3 Å². The van der Waals surface area contributed by atoms with Gasteiger partial charge in [0, 0.05) is 25.1 Å². The zero-order valence-corrected chi connectivity index (χ0v) is 10.3. The first-order valence-electron chi connectivity index (χ1n) is 5.21. The molecule has 0 bridgehead atoms. The number of rotatable bonds is 7. The average Bonchev–Trinajstić information content (AvgIpc) is 2.33. The summed E-state index contributed by atoms with van der Waals surface area (Å²) >= 11 is 1.69. The summed E-state index contributed by atoms with van der Waals surface area (Å²) in [6.07, 6.45) is 5.23. The van der Waals surface area contributed by atoms with E-state index in [1.54, 1.807) is 18.9 Å². The Morgan fingerprint density at radius 3 is 3.12 bits per heavy atom. The van der Waals surface area contributed by atoms with Crippen molar-refractivity contribution in [2.45, 2.75) is 11.4 Å². The van der Waals surface area contributed by atoms with Gasteiger partial charge in [-0.25, -0.2) is 0 Å². The smallest absolute Gasteiger partial charge is 0.0592 e. The molecule has 1 N–H and O–H groups in total. The number of terminal acetylenes is 1. The molecule has 1 aromatic carbocycles. The van der Waals surface area contributed by atoms with Crippen LogP contribution in [0.1, 0.15) is 5.56 Å². The molecular formula is C13H17NOS. The Hall–Kier alpha value is -0.950. The zero-order chi connectivity index (χ0) is 11.6. The highest BCUT2D eigenvalue weighted by Crippen LogP contribution is 2.18. The third kappa shape index (κ3) is 5.22. The van der Waals surface area contributed by atoms with E-state index in [0.29, 0.717) is 0 Å². The van der Waals surface area contributed by atoms with Gasteiger partial charge in [0.25, 0.3) is 0 Å². The molecule has 0 spiro atoms. The highest BCUT2D eigenvalue weighted by atomic mass is 32.2. The molecule has 0 aliphatic carbocycles. The van der Waals surface area contributed by atoms with Gasteiger partial charge in [-0.2, -0.15) is 0 Å². The Labute approximate surface area is 102 Å². The van der Waals surface area contributed by atoms with Crippen LogP contribution >= 0.6 is 11.8 Å². The van der Waals surface area contributed by atoms with Gasteiger partial charge in [0.05, 0.1) is 12.4 Å². The predicted octanol–water partition coefficient (Wildman–Crippen LogP) is 2.15. The first kappa shape index (κ1) is 13.1. The van der Waals surface area contributed by atoms with Gasteiger partial charge in [-0.3, -0.25) is 0 Å². The maximum Gasteiger partial charge on any atom is 0.0592 e. The van der Waals surface area contributed by atoms with E-state index in [4.69, 9.17) is 11.2 Å². The number of thioether (sulfide) groups is 1. The van der Waals surface area contributed by atoms with E-state index in [1.807, 2.05) is 0 Å². The summed E-state index contributed by atoms with van der Waals surface area (Å²) in [6.45, 7) is 2.48. The molecule has 0 saturated heterocycles. The minimum Gasteiger partial charge on any atom is -0.383 e. The Balaban J connectivity index is 2.38. The van der Waals surface area contributed by atoms with Gasteiger partial charge >= 0.3 is 0 Å². The highest BCUT2D eigenvalue weighted by molar-refractivity contribution is 7.99. The van der Waals surface area contributed by atoms with Crippen molar-refractivity contribution in [3.63, 3.8) is 0 Å². The summed E-state index contributed by atoms with van der Waals surface area (Å²) in [6, 6.07) is 8.42. The lowest BCUT2D eigenvalue weighted by Crippen LogP contribution is -2.18. The molecule has 86 valence electrons. The molecule has 0 aromatic heterocycles. The number of benzene rings is 1. The summed E-state index contributed by atoms with van der Waals surface area (Å²) in [4.78, 5) is 1.23. The van der Waals surface area contributed by atoms with Crippen molar-refractivity contribution in [1.29, 1.82) is 0 Å². The van der Waals surface area contributed by atoms with Crippen LogP contribution in [0.15, 0.2) is 29.2 Å². The summed E-state index contributed by atoms with van der Waals surface area (Å²) in [5.41, 5.74) is 1.28. The summed E-state index contributed by atoms with van der Waals surface area (Å²) in [5.74, 6) is 3.35. The molecule has 1 aromatic rings. The molecule has 0 aliphatic rings. The summed E-state index contributed by atoms with van der Waals surface area (Å²) < 4.78 is 4.97. The molecule has 2 nitrogen and oxygen atoms in total. The van der Waals surface area contributed by atoms with Gasteiger partial charge in [0.1, 0.15) is 0 Å². The SMILES string of the molecule is C#CCSc1cccc(CNCCOC)c1. The van der Waals surface area contributed by atoms with Gasteiger partial charge in [-0.1, -0.05) is 18.1 Å². The molecule has 16 heavy (non-hydrogen) atoms. The summed E-state index contributed by atoms with van der Waals surface area (Å²) in [7, 11) is 1.71. The van der Waals surface area contributed by atoms with Crippen LogP contribution in [0.5, 0.6) is 0 Å². The van der Waals surface area contributed by atoms with E-state index in [1.165, 1.54) is 10.5 Å². The first-order chi connectivity index (χ1) is 7.86. The monoisotopic (exact) mass is 235 g/mol. The Morgan fingerprint density at radius 2 is 2.38 bits per heavy atom. The van der Waals surface area contributed by atoms with Crippen molar-refractivity contribution in [2.24, 2.45) is 0 Å². The Morgan fingerprint density at radius 1 is 1.50 bits per heavy atom. The fourth-order valence-electron chi connectivity index (χ4n) is 1.28. The molecule has 0 saturated carbocycles. The topological polar surface area (TPSA) is 21.3 Å². The van der Waals surface area contributed by atoms with Crippen molar-refractivity contribution in [2.75, 3.05) is 26.0 Å². The van der Waals surface area contributed by atoms with E-state index in [2.05, 4.69) is 35.5 Å². The second-order valence-corrected chi connectivity index (χ2v) is 4.36. The number of ether oxygens (including phenoxy) is 1. The second-order valence-electron chi connectivity index (χ2n) is 3.31. The molecule has 0 fully saturated rings. The predicted molar refractivity (Wildman–Crippen MR) is 69.6 cm³/mol. The van der Waals surface area contributed by atoms with Crippen molar-refractivity contribution in [1.82, 2.24) is 5.32 Å². The quantitative estimate of drug-likeness (QED) is 0.444. The molecule has 0 unspecified atom stereocenters. The minimum atomic E-state index is 0.723. The molecular weight excluding hydrogens is 218 g/mol. The Bertz CT molecular complexity index is 346. The largest absolute Gasteiger partial charge is 0.383 e. The van der Waals surface area contributed by atoms with Crippen molar-refractivity contribution < 1.29 is 4.74 Å². The number of hydrogen-bond acceptors (Lipinski definition) is 3. The third-order valence-corrected chi connectivity index (χ3v) is 2.93. The van der Waals surface area contributed by atoms with E-state index >= 15 is 0 Å². The Kier molecular flexibility index (Phi) is 6.75. The number of nitrogens with one attached hydrogen (secondary N) is 1. The van der Waals surface area contributed by atoms with Crippen LogP contribution in [-0.4, -0.2) is 26.0 Å². The van der Waals surface area contributed by atoms with Crippen molar-refractivity contribution >= 4 is 11.8 Å². The van der Waals surface area contributed by atoms with Crippen molar-refractivity contribution in [3.05, 3.63) is 29.8 Å². The molecule has 3 heteroatoms. The molecule has 0 atom stereocenters. The van der Waals surface area contributed by atoms with E-state index in [-0.39, 0.29) is 0 Å². The van der Waals surface area contributed by atoms with Crippen LogP contribution in [0.4, 0.5) is 0 Å². The zero-order valence-electron chi connectivity index (χ0n) is 9.53. The van der Waals surface area contributed by atoms with Crippen LogP contribution < -0.4 is 5.32 Å². The van der Waals surface area contributed by atoms with Crippen molar-refractivity contribution in [3.8, 4) is 12.3 Å². The lowest BCUT2D eigenvalue weighted by molar-refractivity contribution is 0.199. The highest BCUT2D eigenvalue weighted by Gasteiger charge is 1.96. The van der Waals surface area contributed by atoms with Gasteiger partial charge in [-0.15, -0.1) is 18.2 Å². The van der Waals surface area contributed by atoms with E-state index in [9.17, 15) is 0 Å². The lowest BCUT2D eigenvalue weighted by Gasteiger charge is -2.05. The third-order valence-electron chi connectivity index (χ3n) is 2.03. The second kappa shape index (κ2) is 8.23. The van der Waals surface area contributed by atoms with Crippen LogP contribution in [0.25, 0.3) is 0 Å². The summed E-state index contributed by atoms with van der Waals surface area (Å²) in [5, 5.41) is 3.31. The standard InChI is InChI=1S/C13H17NOS/c1-3-9-16-13-6-4-5-12(10-13)11-14-7-8-15-2/h1,4-6,10,14H,7-9,11H2,2H3. The minimum absolute atomic E-state index is 0.723. The maximum absolute atomic E-state index is 5.23. The van der Waals surface area contributed by atoms with E-state index < -0.39 is 0 Å². The van der Waals surface area contributed by atoms with Crippen LogP contribution in [0.2, 0.25) is 0 Å². The van der Waals surface area contributed by atoms with Crippen LogP contribution in [0, 0.1) is 12.3 Å². The molecule has 1 rings (SSSR count). The molecule has 0 amide bonds. The lowest BCUT2D eigenvalue weighted by atomic mass is 10.2. The fraction of sp³-hybridized carbons (Fsp3) is 0.385. The van der Waals surface area contributed by atoms with E-state index in [0.717, 1.165) is 25.4 Å². The normalized spacial score (nSPS) is 10.0. The van der Waals surface area contributed by atoms with Gasteiger partial charge < -0.3 is 10.1 Å². The molecule has 0 radical (unpaired) electrons. The number of hydrogen-bond donors (Lipinski definition) is 1. The fourth-order valence-corrected chi connectivity index (χ4v) is 1.94. The average molecular weight is 235 g/mol. The maximum atomic E-state index is 5.23. The first-order valence-corrected chi connectivity index (χ1v) is 6.20. The molecule has 0 heterocycles. The molecule has 0 aliphatic heterocycles. The van der Waals surface area contributed by atoms with Gasteiger partial charge in [0.2, 0.25) is 0 Å². The van der Waals surface area contributed by atoms with Crippen LogP contribution in [0.3, 0.4) is 0 Å². The van der Waals surface area contributed by atoms with Gasteiger partial charge in [-0.05, 0) is 17.7 Å². The number of methoxy groups -OCH3 is 1. The van der Waals surface area contributed by atoms with Gasteiger partial charge in [0.15, 0.2) is 0 Å².